The molecule has 0 bridgehead atoms. The summed E-state index contributed by atoms with van der Waals surface area (Å²) in [7, 11) is 0. The topological polar surface area (TPSA) is 39.1 Å². The lowest BCUT2D eigenvalue weighted by molar-refractivity contribution is 0.596. The molecule has 0 spiro atoms. The Kier molecular flexibility index (Phi) is 6.13. The second-order valence-corrected chi connectivity index (χ2v) is 4.15. The highest BCUT2D eigenvalue weighted by molar-refractivity contribution is 5.45. The van der Waals surface area contributed by atoms with Gasteiger partial charge in [-0.1, -0.05) is 18.2 Å². The van der Waals surface area contributed by atoms with E-state index in [2.05, 4.69) is 47.5 Å². The van der Waals surface area contributed by atoms with Crippen molar-refractivity contribution in [3.05, 3.63) is 30.3 Å². The van der Waals surface area contributed by atoms with Gasteiger partial charge in [-0.05, 0) is 26.0 Å². The number of para-hydroxylation sites is 1. The molecule has 1 atom stereocenters. The number of nitrogens with zero attached hydrogens (tertiary/aromatic N) is 2. The highest BCUT2D eigenvalue weighted by Gasteiger charge is 2.03. The molecule has 0 radical (unpaired) electrons. The van der Waals surface area contributed by atoms with Crippen molar-refractivity contribution < 1.29 is 0 Å². The second-order valence-electron chi connectivity index (χ2n) is 4.15. The lowest BCUT2D eigenvalue weighted by Gasteiger charge is -2.23. The monoisotopic (exact) mass is 231 g/mol. The molecule has 0 aliphatic carbocycles. The summed E-state index contributed by atoms with van der Waals surface area (Å²) in [5.74, 6) is 0.0850. The van der Waals surface area contributed by atoms with Crippen LogP contribution in [0.5, 0.6) is 0 Å². The van der Waals surface area contributed by atoms with Gasteiger partial charge >= 0.3 is 0 Å². The third kappa shape index (κ3) is 4.88. The van der Waals surface area contributed by atoms with Crippen molar-refractivity contribution in [3.63, 3.8) is 0 Å². The van der Waals surface area contributed by atoms with Crippen LogP contribution in [0.15, 0.2) is 30.3 Å². The molecule has 0 aliphatic rings. The molecule has 1 N–H and O–H groups in total. The zero-order valence-corrected chi connectivity index (χ0v) is 10.7. The number of anilines is 1. The van der Waals surface area contributed by atoms with Crippen LogP contribution in [0.25, 0.3) is 0 Å². The maximum atomic E-state index is 8.67. The summed E-state index contributed by atoms with van der Waals surface area (Å²) in [6, 6.07) is 12.6. The predicted octanol–water partition coefficient (Wildman–Crippen LogP) is 2.26. The summed E-state index contributed by atoms with van der Waals surface area (Å²) in [5, 5.41) is 12.0. The first-order valence-corrected chi connectivity index (χ1v) is 6.18. The van der Waals surface area contributed by atoms with Crippen molar-refractivity contribution in [1.29, 1.82) is 5.26 Å². The Morgan fingerprint density at radius 2 is 2.06 bits per heavy atom. The predicted molar refractivity (Wildman–Crippen MR) is 72.0 cm³/mol. The van der Waals surface area contributed by atoms with E-state index in [9.17, 15) is 0 Å². The highest BCUT2D eigenvalue weighted by atomic mass is 15.1. The number of benzene rings is 1. The Labute approximate surface area is 104 Å². The van der Waals surface area contributed by atoms with Gasteiger partial charge < -0.3 is 10.2 Å². The number of hydrogen-bond donors (Lipinski definition) is 1. The van der Waals surface area contributed by atoms with Crippen molar-refractivity contribution >= 4 is 5.69 Å². The lowest BCUT2D eigenvalue weighted by atomic mass is 10.2. The van der Waals surface area contributed by atoms with E-state index in [1.165, 1.54) is 5.69 Å². The quantitative estimate of drug-likeness (QED) is 0.732. The van der Waals surface area contributed by atoms with E-state index >= 15 is 0 Å². The van der Waals surface area contributed by atoms with Crippen LogP contribution in [-0.2, 0) is 0 Å². The zero-order chi connectivity index (χ0) is 12.5. The minimum Gasteiger partial charge on any atom is -0.371 e. The average Bonchev–Trinajstić information content (AvgIpc) is 2.39. The Morgan fingerprint density at radius 3 is 2.65 bits per heavy atom. The third-order valence-electron chi connectivity index (χ3n) is 2.73. The SMILES string of the molecule is CCN(CCNCC(C)C#N)c1ccccc1. The van der Waals surface area contributed by atoms with Crippen LogP contribution >= 0.6 is 0 Å². The molecular formula is C14H21N3. The van der Waals surface area contributed by atoms with Crippen molar-refractivity contribution in [2.75, 3.05) is 31.1 Å². The molecule has 92 valence electrons. The van der Waals surface area contributed by atoms with Gasteiger partial charge in [0.15, 0.2) is 0 Å². The van der Waals surface area contributed by atoms with Gasteiger partial charge in [0.1, 0.15) is 0 Å². The largest absolute Gasteiger partial charge is 0.371 e. The molecule has 3 nitrogen and oxygen atoms in total. The summed E-state index contributed by atoms with van der Waals surface area (Å²) in [6.45, 7) is 7.74. The summed E-state index contributed by atoms with van der Waals surface area (Å²) < 4.78 is 0. The highest BCUT2D eigenvalue weighted by Crippen LogP contribution is 2.11. The molecule has 1 rings (SSSR count). The van der Waals surface area contributed by atoms with Gasteiger partial charge in [0.2, 0.25) is 0 Å². The molecule has 17 heavy (non-hydrogen) atoms. The van der Waals surface area contributed by atoms with E-state index < -0.39 is 0 Å². The van der Waals surface area contributed by atoms with Crippen LogP contribution in [0.1, 0.15) is 13.8 Å². The van der Waals surface area contributed by atoms with Crippen LogP contribution in [0.2, 0.25) is 0 Å². The van der Waals surface area contributed by atoms with Gasteiger partial charge in [0.05, 0.1) is 12.0 Å². The van der Waals surface area contributed by atoms with Gasteiger partial charge in [-0.2, -0.15) is 5.26 Å². The molecule has 0 aliphatic heterocycles. The second kappa shape index (κ2) is 7.70. The molecule has 0 amide bonds. The van der Waals surface area contributed by atoms with E-state index in [1.54, 1.807) is 0 Å². The zero-order valence-electron chi connectivity index (χ0n) is 10.7. The molecule has 0 aromatic heterocycles. The Bertz CT molecular complexity index is 342. The number of nitriles is 1. The Hall–Kier alpha value is -1.53. The van der Waals surface area contributed by atoms with E-state index in [1.807, 2.05) is 13.0 Å². The maximum Gasteiger partial charge on any atom is 0.0666 e. The molecule has 1 unspecified atom stereocenters. The number of likely N-dealkylation sites (N-methyl/N-ethyl adjacent to an activating group) is 1. The fourth-order valence-electron chi connectivity index (χ4n) is 1.69. The summed E-state index contributed by atoms with van der Waals surface area (Å²) in [5.41, 5.74) is 1.25. The first-order valence-electron chi connectivity index (χ1n) is 6.18. The molecule has 3 heteroatoms. The van der Waals surface area contributed by atoms with E-state index in [0.29, 0.717) is 0 Å². The molecule has 0 saturated heterocycles. The number of hydrogen-bond acceptors (Lipinski definition) is 3. The third-order valence-corrected chi connectivity index (χ3v) is 2.73. The normalized spacial score (nSPS) is 11.8. The summed E-state index contributed by atoms with van der Waals surface area (Å²) in [6.07, 6.45) is 0. The standard InChI is InChI=1S/C14H21N3/c1-3-17(14-7-5-4-6-8-14)10-9-16-12-13(2)11-15/h4-8,13,16H,3,9-10,12H2,1-2H3. The maximum absolute atomic E-state index is 8.67. The van der Waals surface area contributed by atoms with E-state index in [0.717, 1.165) is 26.2 Å². The van der Waals surface area contributed by atoms with E-state index in [4.69, 9.17) is 5.26 Å². The van der Waals surface area contributed by atoms with Crippen molar-refractivity contribution in [2.24, 2.45) is 5.92 Å². The van der Waals surface area contributed by atoms with Gasteiger partial charge in [-0.25, -0.2) is 0 Å². The molecule has 1 aromatic rings. The van der Waals surface area contributed by atoms with Crippen LogP contribution in [0, 0.1) is 17.2 Å². The van der Waals surface area contributed by atoms with Crippen molar-refractivity contribution in [1.82, 2.24) is 5.32 Å². The number of rotatable bonds is 7. The molecule has 0 saturated carbocycles. The minimum atomic E-state index is 0.0850. The fourth-order valence-corrected chi connectivity index (χ4v) is 1.69. The Morgan fingerprint density at radius 1 is 1.35 bits per heavy atom. The smallest absolute Gasteiger partial charge is 0.0666 e. The van der Waals surface area contributed by atoms with Crippen molar-refractivity contribution in [2.45, 2.75) is 13.8 Å². The lowest BCUT2D eigenvalue weighted by Crippen LogP contribution is -2.33. The van der Waals surface area contributed by atoms with Crippen LogP contribution in [0.4, 0.5) is 5.69 Å². The Balaban J connectivity index is 2.32. The van der Waals surface area contributed by atoms with Crippen LogP contribution in [-0.4, -0.2) is 26.2 Å². The van der Waals surface area contributed by atoms with Gasteiger partial charge in [0.25, 0.3) is 0 Å². The summed E-state index contributed by atoms with van der Waals surface area (Å²) in [4.78, 5) is 2.32. The van der Waals surface area contributed by atoms with Crippen LogP contribution < -0.4 is 10.2 Å². The van der Waals surface area contributed by atoms with E-state index in [-0.39, 0.29) is 5.92 Å². The fraction of sp³-hybridized carbons (Fsp3) is 0.500. The van der Waals surface area contributed by atoms with Gasteiger partial charge in [-0.15, -0.1) is 0 Å². The number of nitrogens with one attached hydrogen (secondary N) is 1. The van der Waals surface area contributed by atoms with Crippen molar-refractivity contribution in [3.8, 4) is 6.07 Å². The molecule has 0 heterocycles. The molecular weight excluding hydrogens is 210 g/mol. The molecule has 1 aromatic carbocycles. The van der Waals surface area contributed by atoms with Crippen LogP contribution in [0.3, 0.4) is 0 Å². The first kappa shape index (κ1) is 13.5. The summed E-state index contributed by atoms with van der Waals surface area (Å²) >= 11 is 0. The first-order chi connectivity index (χ1) is 8.27. The molecule has 0 fully saturated rings. The minimum absolute atomic E-state index is 0.0850. The average molecular weight is 231 g/mol. The van der Waals surface area contributed by atoms with Gasteiger partial charge in [-0.3, -0.25) is 0 Å². The van der Waals surface area contributed by atoms with Gasteiger partial charge in [0, 0.05) is 31.9 Å².